The number of nitrogens with zero attached hydrogens (tertiary/aromatic N) is 2. The summed E-state index contributed by atoms with van der Waals surface area (Å²) in [6.07, 6.45) is 0.128. The van der Waals surface area contributed by atoms with E-state index in [4.69, 9.17) is 25.4 Å². The Balaban J connectivity index is 1.75. The van der Waals surface area contributed by atoms with Crippen molar-refractivity contribution in [1.82, 2.24) is 9.80 Å². The van der Waals surface area contributed by atoms with Crippen LogP contribution in [0.4, 0.5) is 0 Å². The Morgan fingerprint density at radius 3 is 2.62 bits per heavy atom. The normalized spacial score (nSPS) is 39.3. The van der Waals surface area contributed by atoms with Crippen LogP contribution in [0, 0.1) is 5.41 Å². The van der Waals surface area contributed by atoms with Gasteiger partial charge >= 0.3 is 5.97 Å². The summed E-state index contributed by atoms with van der Waals surface area (Å²) in [6.45, 7) is 3.58. The molecule has 0 aliphatic carbocycles. The third-order valence-corrected chi connectivity index (χ3v) is 10.9. The van der Waals surface area contributed by atoms with Crippen molar-refractivity contribution in [3.05, 3.63) is 23.8 Å². The number of hydrogen-bond donors (Lipinski definition) is 0. The molecule has 8 nitrogen and oxygen atoms in total. The minimum atomic E-state index is -1.22. The number of likely N-dealkylation sites (N-methyl/N-ethyl adjacent to an activating group) is 1. The van der Waals surface area contributed by atoms with Gasteiger partial charge in [0.25, 0.3) is 11.8 Å². The molecule has 4 aliphatic heterocycles. The van der Waals surface area contributed by atoms with Gasteiger partial charge in [0.2, 0.25) is 6.79 Å². The first kappa shape index (κ1) is 18.8. The van der Waals surface area contributed by atoms with Crippen LogP contribution in [0.5, 0.6) is 11.5 Å². The molecule has 0 N–H and O–H groups in total. The Hall–Kier alpha value is -2.20. The molecule has 1 aromatic carbocycles. The first-order valence-electron chi connectivity index (χ1n) is 9.16. The number of ether oxygens (including phenoxy) is 3. The van der Waals surface area contributed by atoms with Crippen LogP contribution in [-0.2, 0) is 39.8 Å². The van der Waals surface area contributed by atoms with Crippen LogP contribution >= 0.6 is 0 Å². The summed E-state index contributed by atoms with van der Waals surface area (Å²) in [5.41, 5.74) is -0.448. The average Bonchev–Trinajstić information content (AvgIpc) is 3.36. The number of amides is 2. The molecule has 0 saturated carbocycles. The van der Waals surface area contributed by atoms with Crippen molar-refractivity contribution in [2.24, 2.45) is 5.41 Å². The Morgan fingerprint density at radius 1 is 1.24 bits per heavy atom. The van der Waals surface area contributed by atoms with Gasteiger partial charge < -0.3 is 24.0 Å². The van der Waals surface area contributed by atoms with E-state index in [9.17, 15) is 14.4 Å². The van der Waals surface area contributed by atoms with E-state index in [0.717, 1.165) is 0 Å². The molecule has 2 amide bonds. The molecule has 1 aromatic rings. The van der Waals surface area contributed by atoms with Crippen LogP contribution in [0.25, 0.3) is 0 Å². The predicted octanol–water partition coefficient (Wildman–Crippen LogP) is 0.846. The predicted molar refractivity (Wildman–Crippen MR) is 106 cm³/mol. The van der Waals surface area contributed by atoms with E-state index in [1.54, 1.807) is 44.0 Å². The van der Waals surface area contributed by atoms with Crippen molar-refractivity contribution in [3.63, 3.8) is 0 Å². The van der Waals surface area contributed by atoms with Crippen LogP contribution in [0.2, 0.25) is 0 Å². The van der Waals surface area contributed by atoms with Crippen molar-refractivity contribution in [3.8, 4) is 11.5 Å². The van der Waals surface area contributed by atoms with Gasteiger partial charge in [0.05, 0.1) is 18.6 Å². The Kier molecular flexibility index (Phi) is 3.55. The quantitative estimate of drug-likeness (QED) is 0.636. The molecule has 4 heterocycles. The Bertz CT molecular complexity index is 1030. The maximum Gasteiger partial charge on any atom is 0.314 e. The summed E-state index contributed by atoms with van der Waals surface area (Å²) in [7, 11) is 1.91. The molecule has 0 aromatic heterocycles. The lowest BCUT2D eigenvalue weighted by Gasteiger charge is -2.40. The number of hydrogen-bond acceptors (Lipinski definition) is 7. The van der Waals surface area contributed by atoms with Crippen molar-refractivity contribution in [2.75, 3.05) is 21.0 Å². The van der Waals surface area contributed by atoms with Crippen LogP contribution in [0.1, 0.15) is 31.9 Å². The summed E-state index contributed by atoms with van der Waals surface area (Å²) >= 11 is 5.80. The van der Waals surface area contributed by atoms with Gasteiger partial charge in [0, 0.05) is 13.5 Å². The summed E-state index contributed by atoms with van der Waals surface area (Å²) in [5.74, 6) is 0.220. The average molecular weight is 437 g/mol. The maximum atomic E-state index is 13.6. The van der Waals surface area contributed by atoms with Gasteiger partial charge in [-0.3, -0.25) is 14.4 Å². The molecule has 154 valence electrons. The lowest BCUT2D eigenvalue weighted by molar-refractivity contribution is -0.160. The van der Waals surface area contributed by atoms with Gasteiger partial charge in [-0.2, -0.15) is 0 Å². The molecular formula is C19H20N2O6S2. The van der Waals surface area contributed by atoms with Gasteiger partial charge in [-0.1, -0.05) is 15.5 Å². The van der Waals surface area contributed by atoms with E-state index in [-0.39, 0.29) is 25.0 Å². The van der Waals surface area contributed by atoms with Gasteiger partial charge in [-0.25, -0.2) is 0 Å². The minimum Gasteiger partial charge on any atom is -0.469 e. The van der Waals surface area contributed by atoms with Crippen LogP contribution in [0.15, 0.2) is 18.2 Å². The second-order valence-electron chi connectivity index (χ2n) is 8.18. The molecule has 2 bridgehead atoms. The van der Waals surface area contributed by atoms with Gasteiger partial charge in [-0.05, 0) is 42.7 Å². The summed E-state index contributed by atoms with van der Waals surface area (Å²) in [5, 5.41) is 0. The van der Waals surface area contributed by atoms with Crippen molar-refractivity contribution < 1.29 is 28.6 Å². The molecular weight excluding hydrogens is 416 g/mol. The topological polar surface area (TPSA) is 85.4 Å². The van der Waals surface area contributed by atoms with Gasteiger partial charge in [0.15, 0.2) is 21.2 Å². The van der Waals surface area contributed by atoms with Crippen LogP contribution in [-0.4, -0.2) is 58.3 Å². The van der Waals surface area contributed by atoms with Crippen molar-refractivity contribution in [1.29, 1.82) is 0 Å². The SMILES string of the molecule is COC(=O)[C@@]1(C)CC23C(=O)N(C)C(C)(C(=O)N2C1c1ccc2c(c1)OCO2)S3=S. The molecule has 1 spiro atoms. The molecule has 4 unspecified atom stereocenters. The zero-order valence-corrected chi connectivity index (χ0v) is 18.0. The Labute approximate surface area is 174 Å². The number of fused-ring (bicyclic) bond motifs is 2. The van der Waals surface area contributed by atoms with Gasteiger partial charge in [0.1, 0.15) is 0 Å². The lowest BCUT2D eigenvalue weighted by Crippen LogP contribution is -2.60. The summed E-state index contributed by atoms with van der Waals surface area (Å²) < 4.78 is 16.0. The summed E-state index contributed by atoms with van der Waals surface area (Å²) in [6, 6.07) is 4.62. The lowest BCUT2D eigenvalue weighted by atomic mass is 9.78. The van der Waals surface area contributed by atoms with Crippen LogP contribution in [0.3, 0.4) is 0 Å². The zero-order chi connectivity index (χ0) is 20.9. The number of benzene rings is 1. The first-order chi connectivity index (χ1) is 13.6. The highest BCUT2D eigenvalue weighted by molar-refractivity contribution is 8.31. The fourth-order valence-electron chi connectivity index (χ4n) is 5.24. The second-order valence-corrected chi connectivity index (χ2v) is 11.2. The second kappa shape index (κ2) is 5.48. The highest BCUT2D eigenvalue weighted by atomic mass is 32.8. The summed E-state index contributed by atoms with van der Waals surface area (Å²) in [4.78, 5) is 40.7. The number of piperazine rings is 1. The standard InChI is InChI=1S/C19H20N2O6S2/c1-17(16(24)25-4)8-19-15(23)20(3)18(2,29(19)28)14(22)21(19)13(17)10-5-6-11-12(7-10)27-9-26-11/h5-7,13H,8-9H2,1-4H3/t13?,17-,18?,19?,29?/m0/s1. The zero-order valence-electron chi connectivity index (χ0n) is 16.4. The molecule has 10 heteroatoms. The van der Waals surface area contributed by atoms with Gasteiger partial charge in [-0.15, -0.1) is 0 Å². The number of carbonyl (C=O) groups is 3. The molecule has 0 radical (unpaired) electrons. The molecule has 3 saturated heterocycles. The van der Waals surface area contributed by atoms with Crippen LogP contribution < -0.4 is 9.47 Å². The molecule has 5 atom stereocenters. The van der Waals surface area contributed by atoms with E-state index in [1.165, 1.54) is 12.0 Å². The third-order valence-electron chi connectivity index (χ3n) is 6.78. The molecule has 29 heavy (non-hydrogen) atoms. The van der Waals surface area contributed by atoms with E-state index >= 15 is 0 Å². The first-order valence-corrected chi connectivity index (χ1v) is 11.3. The monoisotopic (exact) mass is 436 g/mol. The fourth-order valence-corrected chi connectivity index (χ4v) is 8.76. The van der Waals surface area contributed by atoms with E-state index in [2.05, 4.69) is 0 Å². The smallest absolute Gasteiger partial charge is 0.314 e. The maximum absolute atomic E-state index is 13.6. The number of methoxy groups -OCH3 is 1. The van der Waals surface area contributed by atoms with E-state index < -0.39 is 36.6 Å². The fraction of sp³-hybridized carbons (Fsp3) is 0.526. The number of esters is 1. The van der Waals surface area contributed by atoms with E-state index in [1.807, 2.05) is 0 Å². The number of rotatable bonds is 2. The molecule has 3 fully saturated rings. The number of carbonyl (C=O) groups excluding carboxylic acids is 3. The minimum absolute atomic E-state index is 0.112. The molecule has 5 rings (SSSR count). The van der Waals surface area contributed by atoms with Crippen molar-refractivity contribution >= 4 is 38.4 Å². The highest BCUT2D eigenvalue weighted by Gasteiger charge is 2.81. The Morgan fingerprint density at radius 2 is 1.93 bits per heavy atom. The van der Waals surface area contributed by atoms with Crippen molar-refractivity contribution in [2.45, 2.75) is 36.1 Å². The third kappa shape index (κ3) is 1.85. The van der Waals surface area contributed by atoms with E-state index in [0.29, 0.717) is 17.1 Å². The highest BCUT2D eigenvalue weighted by Crippen LogP contribution is 2.65. The molecule has 4 aliphatic rings. The largest absolute Gasteiger partial charge is 0.469 e.